The molecule has 6 heteroatoms. The number of rotatable bonds is 5. The molecule has 1 fully saturated rings. The van der Waals surface area contributed by atoms with Gasteiger partial charge >= 0.3 is 0 Å². The maximum atomic E-state index is 14.0. The molecule has 0 N–H and O–H groups in total. The van der Waals surface area contributed by atoms with Gasteiger partial charge in [-0.05, 0) is 40.2 Å². The number of carbonyl (C=O) groups is 1. The zero-order valence-corrected chi connectivity index (χ0v) is 13.7. The zero-order chi connectivity index (χ0) is 14.5. The quantitative estimate of drug-likeness (QED) is 0.806. The molecule has 1 saturated heterocycles. The van der Waals surface area contributed by atoms with Crippen molar-refractivity contribution in [2.75, 3.05) is 31.8 Å². The van der Waals surface area contributed by atoms with E-state index in [4.69, 9.17) is 4.74 Å². The first-order valence-electron chi connectivity index (χ1n) is 6.46. The van der Waals surface area contributed by atoms with Crippen molar-refractivity contribution < 1.29 is 13.9 Å². The van der Waals surface area contributed by atoms with Crippen LogP contribution in [0.2, 0.25) is 0 Å². The fourth-order valence-electron chi connectivity index (χ4n) is 2.25. The first-order chi connectivity index (χ1) is 9.65. The van der Waals surface area contributed by atoms with Gasteiger partial charge in [-0.3, -0.25) is 4.79 Å². The molecule has 0 aliphatic carbocycles. The molecule has 1 aliphatic heterocycles. The monoisotopic (exact) mass is 361 g/mol. The van der Waals surface area contributed by atoms with Gasteiger partial charge < -0.3 is 9.64 Å². The molecule has 1 unspecified atom stereocenters. The molecule has 0 spiro atoms. The summed E-state index contributed by atoms with van der Waals surface area (Å²) in [4.78, 5) is 14.4. The second kappa shape index (κ2) is 7.43. The first-order valence-corrected chi connectivity index (χ1v) is 8.41. The van der Waals surface area contributed by atoms with Crippen molar-refractivity contribution in [1.29, 1.82) is 0 Å². The zero-order valence-electron chi connectivity index (χ0n) is 11.3. The summed E-state index contributed by atoms with van der Waals surface area (Å²) in [5.41, 5.74) is 0.112. The Bertz CT molecular complexity index is 460. The van der Waals surface area contributed by atoms with Crippen LogP contribution < -0.4 is 0 Å². The molecule has 2 rings (SSSR count). The van der Waals surface area contributed by atoms with Crippen LogP contribution in [0.15, 0.2) is 22.7 Å². The summed E-state index contributed by atoms with van der Waals surface area (Å²) in [7, 11) is 1.60. The van der Waals surface area contributed by atoms with Crippen molar-refractivity contribution in [3.05, 3.63) is 34.1 Å². The molecule has 110 valence electrons. The van der Waals surface area contributed by atoms with E-state index in [2.05, 4.69) is 15.9 Å². The van der Waals surface area contributed by atoms with Gasteiger partial charge in [-0.15, -0.1) is 0 Å². The Kier molecular flexibility index (Phi) is 5.86. The highest BCUT2D eigenvalue weighted by Crippen LogP contribution is 2.27. The number of ether oxygens (including phenoxy) is 1. The number of methoxy groups -OCH3 is 1. The third kappa shape index (κ3) is 3.54. The predicted molar refractivity (Wildman–Crippen MR) is 82.7 cm³/mol. The molecule has 0 bridgehead atoms. The van der Waals surface area contributed by atoms with Crippen molar-refractivity contribution in [2.24, 2.45) is 0 Å². The lowest BCUT2D eigenvalue weighted by Gasteiger charge is -2.29. The second-order valence-electron chi connectivity index (χ2n) is 4.61. The van der Waals surface area contributed by atoms with Crippen LogP contribution in [-0.2, 0) is 4.74 Å². The van der Waals surface area contributed by atoms with E-state index in [0.717, 1.165) is 17.9 Å². The van der Waals surface area contributed by atoms with Crippen molar-refractivity contribution in [3.8, 4) is 0 Å². The highest BCUT2D eigenvalue weighted by molar-refractivity contribution is 9.10. The van der Waals surface area contributed by atoms with E-state index in [0.29, 0.717) is 17.6 Å². The minimum atomic E-state index is -0.488. The lowest BCUT2D eigenvalue weighted by molar-refractivity contribution is 0.0619. The summed E-state index contributed by atoms with van der Waals surface area (Å²) in [6, 6.07) is 4.75. The van der Waals surface area contributed by atoms with Crippen LogP contribution in [0.4, 0.5) is 4.39 Å². The molecule has 0 saturated carbocycles. The number of nitrogens with zero attached hydrogens (tertiary/aromatic N) is 1. The van der Waals surface area contributed by atoms with Crippen LogP contribution in [0.3, 0.4) is 0 Å². The van der Waals surface area contributed by atoms with Gasteiger partial charge in [-0.25, -0.2) is 4.39 Å². The largest absolute Gasteiger partial charge is 0.383 e. The number of hydrogen-bond donors (Lipinski definition) is 0. The van der Waals surface area contributed by atoms with Crippen LogP contribution >= 0.6 is 27.7 Å². The molecule has 0 radical (unpaired) electrons. The van der Waals surface area contributed by atoms with Gasteiger partial charge in [-0.2, -0.15) is 11.8 Å². The first kappa shape index (κ1) is 15.8. The van der Waals surface area contributed by atoms with E-state index in [1.165, 1.54) is 6.07 Å². The summed E-state index contributed by atoms with van der Waals surface area (Å²) in [5.74, 6) is 1.19. The number of carbonyl (C=O) groups excluding carboxylic acids is 1. The van der Waals surface area contributed by atoms with E-state index < -0.39 is 5.82 Å². The second-order valence-corrected chi connectivity index (χ2v) is 6.61. The summed E-state index contributed by atoms with van der Waals surface area (Å²) in [6.45, 7) is 0.945. The summed E-state index contributed by atoms with van der Waals surface area (Å²) in [6.07, 6.45) is 0.951. The lowest BCUT2D eigenvalue weighted by Crippen LogP contribution is -2.42. The molecular formula is C14H17BrFNO2S. The summed E-state index contributed by atoms with van der Waals surface area (Å²) in [5, 5.41) is 0. The standard InChI is InChI=1S/C14H17BrFNO2S/c1-19-7-6-17(10-5-8-20-9-10)14(18)13-11(15)3-2-4-12(13)16/h2-4,10H,5-9H2,1H3. The van der Waals surface area contributed by atoms with Gasteiger partial charge in [0, 0.05) is 29.9 Å². The Labute approximate surface area is 131 Å². The molecular weight excluding hydrogens is 345 g/mol. The average Bonchev–Trinajstić information content (AvgIpc) is 2.93. The van der Waals surface area contributed by atoms with Gasteiger partial charge in [0.1, 0.15) is 5.82 Å². The van der Waals surface area contributed by atoms with Crippen molar-refractivity contribution in [2.45, 2.75) is 12.5 Å². The molecule has 1 aliphatic rings. The number of amides is 1. The maximum Gasteiger partial charge on any atom is 0.258 e. The normalized spacial score (nSPS) is 18.2. The maximum absolute atomic E-state index is 14.0. The molecule has 0 aromatic heterocycles. The number of halogens is 2. The van der Waals surface area contributed by atoms with Gasteiger partial charge in [0.25, 0.3) is 5.91 Å². The van der Waals surface area contributed by atoms with E-state index >= 15 is 0 Å². The topological polar surface area (TPSA) is 29.5 Å². The predicted octanol–water partition coefficient (Wildman–Crippen LogP) is 3.18. The lowest BCUT2D eigenvalue weighted by atomic mass is 10.1. The van der Waals surface area contributed by atoms with Gasteiger partial charge in [0.15, 0.2) is 0 Å². The highest BCUT2D eigenvalue weighted by Gasteiger charge is 2.30. The minimum absolute atomic E-state index is 0.112. The average molecular weight is 362 g/mol. The molecule has 20 heavy (non-hydrogen) atoms. The van der Waals surface area contributed by atoms with Crippen molar-refractivity contribution in [3.63, 3.8) is 0 Å². The van der Waals surface area contributed by atoms with E-state index in [9.17, 15) is 9.18 Å². The number of benzene rings is 1. The number of thioether (sulfide) groups is 1. The number of hydrogen-bond acceptors (Lipinski definition) is 3. The van der Waals surface area contributed by atoms with Crippen molar-refractivity contribution >= 4 is 33.6 Å². The third-order valence-corrected chi connectivity index (χ3v) is 5.13. The molecule has 1 aromatic rings. The van der Waals surface area contributed by atoms with Crippen LogP contribution in [0.1, 0.15) is 16.8 Å². The Morgan fingerprint density at radius 3 is 3.00 bits per heavy atom. The Morgan fingerprint density at radius 1 is 1.60 bits per heavy atom. The van der Waals surface area contributed by atoms with E-state index in [1.54, 1.807) is 24.1 Å². The van der Waals surface area contributed by atoms with E-state index in [-0.39, 0.29) is 17.5 Å². The van der Waals surface area contributed by atoms with Crippen LogP contribution in [-0.4, -0.2) is 48.6 Å². The van der Waals surface area contributed by atoms with Crippen LogP contribution in [0.5, 0.6) is 0 Å². The summed E-state index contributed by atoms with van der Waals surface area (Å²) < 4.78 is 19.5. The smallest absolute Gasteiger partial charge is 0.258 e. The Balaban J connectivity index is 2.25. The molecule has 1 aromatic carbocycles. The SMILES string of the molecule is COCCN(C(=O)c1c(F)cccc1Br)C1CCSC1. The van der Waals surface area contributed by atoms with Crippen molar-refractivity contribution in [1.82, 2.24) is 4.90 Å². The third-order valence-electron chi connectivity index (χ3n) is 3.32. The molecule has 1 heterocycles. The Hall–Kier alpha value is -0.590. The molecule has 1 atom stereocenters. The summed E-state index contributed by atoms with van der Waals surface area (Å²) >= 11 is 5.09. The Morgan fingerprint density at radius 2 is 2.40 bits per heavy atom. The van der Waals surface area contributed by atoms with E-state index in [1.807, 2.05) is 11.8 Å². The highest BCUT2D eigenvalue weighted by atomic mass is 79.9. The van der Waals surface area contributed by atoms with Gasteiger partial charge in [0.05, 0.1) is 12.2 Å². The fraction of sp³-hybridized carbons (Fsp3) is 0.500. The van der Waals surface area contributed by atoms with Gasteiger partial charge in [0.2, 0.25) is 0 Å². The fourth-order valence-corrected chi connectivity index (χ4v) is 3.99. The molecule has 3 nitrogen and oxygen atoms in total. The van der Waals surface area contributed by atoms with Crippen LogP contribution in [0.25, 0.3) is 0 Å². The molecule has 1 amide bonds. The van der Waals surface area contributed by atoms with Crippen LogP contribution in [0, 0.1) is 5.82 Å². The minimum Gasteiger partial charge on any atom is -0.383 e. The van der Waals surface area contributed by atoms with Gasteiger partial charge in [-0.1, -0.05) is 6.07 Å².